The van der Waals surface area contributed by atoms with Gasteiger partial charge >= 0.3 is 0 Å². The van der Waals surface area contributed by atoms with Crippen molar-refractivity contribution < 1.29 is 4.92 Å². The topological polar surface area (TPSA) is 67.5 Å². The molecule has 0 bridgehead atoms. The van der Waals surface area contributed by atoms with E-state index in [1.165, 1.54) is 18.3 Å². The number of anilines is 1. The van der Waals surface area contributed by atoms with E-state index in [9.17, 15) is 10.1 Å². The van der Waals surface area contributed by atoms with Crippen LogP contribution in [0.3, 0.4) is 0 Å². The molecule has 5 nitrogen and oxygen atoms in total. The lowest BCUT2D eigenvalue weighted by molar-refractivity contribution is -0.384. The summed E-state index contributed by atoms with van der Waals surface area (Å²) in [6.45, 7) is 1.92. The van der Waals surface area contributed by atoms with Crippen LogP contribution < -0.4 is 5.43 Å². The van der Waals surface area contributed by atoms with Gasteiger partial charge < -0.3 is 0 Å². The quantitative estimate of drug-likeness (QED) is 0.525. The van der Waals surface area contributed by atoms with E-state index < -0.39 is 4.92 Å². The number of nitrogens with zero attached hydrogens (tertiary/aromatic N) is 2. The fourth-order valence-corrected chi connectivity index (χ4v) is 1.74. The summed E-state index contributed by atoms with van der Waals surface area (Å²) in [6.07, 6.45) is 1.51. The standard InChI is InChI=1S/C14H12ClN3O2/c1-10-5-6-12(8-14(10)15)17-16-9-11-3-2-4-13(7-11)18(19)20/h2-9,17H,1H3. The SMILES string of the molecule is Cc1ccc(NN=Cc2cccc([N+](=O)[O-])c2)cc1Cl. The number of rotatable bonds is 4. The summed E-state index contributed by atoms with van der Waals surface area (Å²) in [5, 5.41) is 15.3. The van der Waals surface area contributed by atoms with Crippen LogP contribution in [0.5, 0.6) is 0 Å². The van der Waals surface area contributed by atoms with Gasteiger partial charge in [0, 0.05) is 22.7 Å². The molecule has 0 atom stereocenters. The first-order valence-corrected chi connectivity index (χ1v) is 6.24. The normalized spacial score (nSPS) is 10.7. The number of aryl methyl sites for hydroxylation is 1. The van der Waals surface area contributed by atoms with Crippen molar-refractivity contribution in [3.8, 4) is 0 Å². The van der Waals surface area contributed by atoms with Gasteiger partial charge in [-0.3, -0.25) is 15.5 Å². The lowest BCUT2D eigenvalue weighted by Gasteiger charge is -2.02. The monoisotopic (exact) mass is 289 g/mol. The fourth-order valence-electron chi connectivity index (χ4n) is 1.56. The molecule has 6 heteroatoms. The van der Waals surface area contributed by atoms with Crippen molar-refractivity contribution in [3.05, 3.63) is 68.7 Å². The Bertz CT molecular complexity index is 671. The van der Waals surface area contributed by atoms with E-state index in [2.05, 4.69) is 10.5 Å². The molecule has 2 aromatic carbocycles. The first-order chi connectivity index (χ1) is 9.56. The van der Waals surface area contributed by atoms with Gasteiger partial charge in [0.15, 0.2) is 0 Å². The summed E-state index contributed by atoms with van der Waals surface area (Å²) < 4.78 is 0. The lowest BCUT2D eigenvalue weighted by atomic mass is 10.2. The Hall–Kier alpha value is -2.40. The Morgan fingerprint density at radius 1 is 1.30 bits per heavy atom. The van der Waals surface area contributed by atoms with Crippen molar-refractivity contribution in [3.63, 3.8) is 0 Å². The van der Waals surface area contributed by atoms with Crippen molar-refractivity contribution in [2.45, 2.75) is 6.92 Å². The van der Waals surface area contributed by atoms with Crippen molar-refractivity contribution >= 4 is 29.2 Å². The van der Waals surface area contributed by atoms with Crippen LogP contribution in [0.1, 0.15) is 11.1 Å². The van der Waals surface area contributed by atoms with Gasteiger partial charge in [-0.25, -0.2) is 0 Å². The van der Waals surface area contributed by atoms with Crippen LogP contribution >= 0.6 is 11.6 Å². The van der Waals surface area contributed by atoms with Gasteiger partial charge in [0.2, 0.25) is 0 Å². The second-order valence-electron chi connectivity index (χ2n) is 4.19. The van der Waals surface area contributed by atoms with Gasteiger partial charge in [0.1, 0.15) is 0 Å². The van der Waals surface area contributed by atoms with E-state index in [-0.39, 0.29) is 5.69 Å². The summed E-state index contributed by atoms with van der Waals surface area (Å²) >= 11 is 6.00. The van der Waals surface area contributed by atoms with Gasteiger partial charge in [-0.05, 0) is 24.6 Å². The Balaban J connectivity index is 2.08. The predicted molar refractivity (Wildman–Crippen MR) is 80.5 cm³/mol. The van der Waals surface area contributed by atoms with Crippen molar-refractivity contribution in [1.82, 2.24) is 0 Å². The molecule has 0 aromatic heterocycles. The molecule has 2 rings (SSSR count). The smallest absolute Gasteiger partial charge is 0.270 e. The molecular formula is C14H12ClN3O2. The fraction of sp³-hybridized carbons (Fsp3) is 0.0714. The summed E-state index contributed by atoms with van der Waals surface area (Å²) in [6, 6.07) is 11.7. The maximum atomic E-state index is 10.6. The largest absolute Gasteiger partial charge is 0.278 e. The third-order valence-electron chi connectivity index (χ3n) is 2.66. The van der Waals surface area contributed by atoms with Gasteiger partial charge in [-0.2, -0.15) is 5.10 Å². The minimum atomic E-state index is -0.440. The number of hydrogen-bond acceptors (Lipinski definition) is 4. The highest BCUT2D eigenvalue weighted by Gasteiger charge is 2.03. The molecule has 0 fully saturated rings. The molecule has 0 radical (unpaired) electrons. The maximum Gasteiger partial charge on any atom is 0.270 e. The molecule has 102 valence electrons. The molecule has 0 saturated carbocycles. The van der Waals surface area contributed by atoms with Crippen molar-refractivity contribution in [2.75, 3.05) is 5.43 Å². The number of nitro groups is 1. The molecule has 0 amide bonds. The van der Waals surface area contributed by atoms with Crippen LogP contribution in [-0.2, 0) is 0 Å². The number of hydrazone groups is 1. The van der Waals surface area contributed by atoms with Gasteiger partial charge in [0.25, 0.3) is 5.69 Å². The third kappa shape index (κ3) is 3.55. The molecule has 20 heavy (non-hydrogen) atoms. The average Bonchev–Trinajstić information content (AvgIpc) is 2.43. The molecular weight excluding hydrogens is 278 g/mol. The summed E-state index contributed by atoms with van der Waals surface area (Å²) in [7, 11) is 0. The van der Waals surface area contributed by atoms with Crippen LogP contribution in [0.2, 0.25) is 5.02 Å². The maximum absolute atomic E-state index is 10.6. The number of nitrogens with one attached hydrogen (secondary N) is 1. The molecule has 0 aliphatic rings. The summed E-state index contributed by atoms with van der Waals surface area (Å²) in [4.78, 5) is 10.2. The second kappa shape index (κ2) is 6.16. The number of benzene rings is 2. The van der Waals surface area contributed by atoms with Crippen LogP contribution in [0.25, 0.3) is 0 Å². The van der Waals surface area contributed by atoms with E-state index in [0.717, 1.165) is 11.3 Å². The zero-order chi connectivity index (χ0) is 14.5. The van der Waals surface area contributed by atoms with E-state index >= 15 is 0 Å². The second-order valence-corrected chi connectivity index (χ2v) is 4.59. The minimum Gasteiger partial charge on any atom is -0.278 e. The third-order valence-corrected chi connectivity index (χ3v) is 3.07. The highest BCUT2D eigenvalue weighted by molar-refractivity contribution is 6.31. The number of halogens is 1. The molecule has 2 aromatic rings. The molecule has 0 spiro atoms. The average molecular weight is 290 g/mol. The molecule has 0 heterocycles. The van der Waals surface area contributed by atoms with Crippen molar-refractivity contribution in [1.29, 1.82) is 0 Å². The Morgan fingerprint density at radius 2 is 2.10 bits per heavy atom. The van der Waals surface area contributed by atoms with Crippen LogP contribution in [0, 0.1) is 17.0 Å². The van der Waals surface area contributed by atoms with Crippen LogP contribution in [0.4, 0.5) is 11.4 Å². The minimum absolute atomic E-state index is 0.0346. The Kier molecular flexibility index (Phi) is 4.32. The molecule has 0 aliphatic carbocycles. The molecule has 0 unspecified atom stereocenters. The van der Waals surface area contributed by atoms with E-state index in [4.69, 9.17) is 11.6 Å². The summed E-state index contributed by atoms with van der Waals surface area (Å²) in [5.74, 6) is 0. The number of hydrogen-bond donors (Lipinski definition) is 1. The Labute approximate surface area is 121 Å². The zero-order valence-electron chi connectivity index (χ0n) is 10.7. The predicted octanol–water partition coefficient (Wildman–Crippen LogP) is 4.00. The van der Waals surface area contributed by atoms with Crippen molar-refractivity contribution in [2.24, 2.45) is 5.10 Å². The summed E-state index contributed by atoms with van der Waals surface area (Å²) in [5.41, 5.74) is 5.24. The molecule has 1 N–H and O–H groups in total. The molecule has 0 aliphatic heterocycles. The van der Waals surface area contributed by atoms with Gasteiger partial charge in [-0.1, -0.05) is 29.8 Å². The van der Waals surface area contributed by atoms with Crippen LogP contribution in [-0.4, -0.2) is 11.1 Å². The van der Waals surface area contributed by atoms with E-state index in [0.29, 0.717) is 10.6 Å². The first-order valence-electron chi connectivity index (χ1n) is 5.86. The Morgan fingerprint density at radius 3 is 2.80 bits per heavy atom. The van der Waals surface area contributed by atoms with E-state index in [1.807, 2.05) is 19.1 Å². The number of non-ortho nitro benzene ring substituents is 1. The molecule has 0 saturated heterocycles. The van der Waals surface area contributed by atoms with Crippen LogP contribution in [0.15, 0.2) is 47.6 Å². The highest BCUT2D eigenvalue weighted by atomic mass is 35.5. The zero-order valence-corrected chi connectivity index (χ0v) is 11.5. The van der Waals surface area contributed by atoms with Gasteiger partial charge in [-0.15, -0.1) is 0 Å². The van der Waals surface area contributed by atoms with E-state index in [1.54, 1.807) is 18.2 Å². The first kappa shape index (κ1) is 14.0. The number of nitro benzene ring substituents is 1. The van der Waals surface area contributed by atoms with Gasteiger partial charge in [0.05, 0.1) is 16.8 Å². The highest BCUT2D eigenvalue weighted by Crippen LogP contribution is 2.19. The lowest BCUT2D eigenvalue weighted by Crippen LogP contribution is -1.93.